The molecule has 3 aromatic rings. The van der Waals surface area contributed by atoms with E-state index in [9.17, 15) is 9.59 Å². The van der Waals surface area contributed by atoms with Crippen molar-refractivity contribution >= 4 is 17.7 Å². The quantitative estimate of drug-likeness (QED) is 0.363. The first kappa shape index (κ1) is 25.6. The van der Waals surface area contributed by atoms with Crippen molar-refractivity contribution in [1.29, 1.82) is 0 Å². The molecule has 2 amide bonds. The standard InChI is InChI=1S/C28H33N5O5/c1-16(2)37-24-10-7-18(15-22(24)29)26-31-25(32-38-26)21-6-4-5-20-19(21)8-9-23(20)30-28(35)33-13-11-17(12-14-33)27(34)36-3/h4-7,10,15-17,23H,8-9,11-14,29H2,1-3H3,(H,30,35)/t23-/m0/s1. The van der Waals surface area contributed by atoms with Gasteiger partial charge in [0.2, 0.25) is 5.82 Å². The monoisotopic (exact) mass is 519 g/mol. The molecule has 0 radical (unpaired) electrons. The second-order valence-corrected chi connectivity index (χ2v) is 10.0. The molecule has 1 aromatic heterocycles. The van der Waals surface area contributed by atoms with Crippen LogP contribution >= 0.6 is 0 Å². The summed E-state index contributed by atoms with van der Waals surface area (Å²) in [7, 11) is 1.40. The Labute approximate surface area is 221 Å². The molecule has 0 unspecified atom stereocenters. The number of ether oxygens (including phenoxy) is 2. The van der Waals surface area contributed by atoms with Crippen molar-refractivity contribution in [2.24, 2.45) is 5.92 Å². The van der Waals surface area contributed by atoms with E-state index in [2.05, 4.69) is 15.5 Å². The summed E-state index contributed by atoms with van der Waals surface area (Å²) in [6.45, 7) is 4.96. The van der Waals surface area contributed by atoms with Crippen LogP contribution in [0.3, 0.4) is 0 Å². The van der Waals surface area contributed by atoms with Gasteiger partial charge in [-0.05, 0) is 68.9 Å². The van der Waals surface area contributed by atoms with Crippen molar-refractivity contribution < 1.29 is 23.6 Å². The average molecular weight is 520 g/mol. The first-order valence-corrected chi connectivity index (χ1v) is 13.0. The zero-order chi connectivity index (χ0) is 26.8. The molecule has 0 bridgehead atoms. The van der Waals surface area contributed by atoms with Gasteiger partial charge in [-0.15, -0.1) is 0 Å². The molecule has 0 saturated carbocycles. The van der Waals surface area contributed by atoms with E-state index in [0.717, 1.165) is 29.5 Å². The Bertz CT molecular complexity index is 1330. The molecule has 10 heteroatoms. The van der Waals surface area contributed by atoms with Crippen LogP contribution in [-0.4, -0.2) is 53.3 Å². The van der Waals surface area contributed by atoms with E-state index in [-0.39, 0.29) is 30.1 Å². The number of urea groups is 1. The van der Waals surface area contributed by atoms with Gasteiger partial charge in [0.1, 0.15) is 5.75 Å². The molecule has 2 aromatic carbocycles. The lowest BCUT2D eigenvalue weighted by Gasteiger charge is -2.31. The van der Waals surface area contributed by atoms with Crippen LogP contribution in [0.2, 0.25) is 0 Å². The number of rotatable bonds is 6. The molecule has 1 atom stereocenters. The highest BCUT2D eigenvalue weighted by molar-refractivity contribution is 5.77. The Balaban J connectivity index is 1.28. The maximum absolute atomic E-state index is 13.0. The normalized spacial score (nSPS) is 17.4. The third-order valence-electron chi connectivity index (χ3n) is 7.17. The van der Waals surface area contributed by atoms with Crippen LogP contribution in [0.25, 0.3) is 22.8 Å². The number of carbonyl (C=O) groups is 2. The topological polar surface area (TPSA) is 133 Å². The highest BCUT2D eigenvalue weighted by atomic mass is 16.5. The molecule has 1 saturated heterocycles. The first-order chi connectivity index (χ1) is 18.3. The zero-order valence-electron chi connectivity index (χ0n) is 21.9. The number of methoxy groups -OCH3 is 1. The van der Waals surface area contributed by atoms with Crippen LogP contribution in [-0.2, 0) is 16.0 Å². The lowest BCUT2D eigenvalue weighted by atomic mass is 9.97. The zero-order valence-corrected chi connectivity index (χ0v) is 21.9. The molecular formula is C28H33N5O5. The number of aromatic nitrogens is 2. The fourth-order valence-electron chi connectivity index (χ4n) is 5.23. The van der Waals surface area contributed by atoms with Crippen LogP contribution in [0.5, 0.6) is 5.75 Å². The van der Waals surface area contributed by atoms with Crippen molar-refractivity contribution in [3.05, 3.63) is 47.5 Å². The first-order valence-electron chi connectivity index (χ1n) is 13.0. The molecule has 2 heterocycles. The van der Waals surface area contributed by atoms with Gasteiger partial charge >= 0.3 is 12.0 Å². The fraction of sp³-hybridized carbons (Fsp3) is 0.429. The number of carbonyl (C=O) groups excluding carboxylic acids is 2. The number of nitrogens with zero attached hydrogens (tertiary/aromatic N) is 3. The minimum absolute atomic E-state index is 0.0192. The minimum Gasteiger partial charge on any atom is -0.489 e. The molecular weight excluding hydrogens is 486 g/mol. The summed E-state index contributed by atoms with van der Waals surface area (Å²) in [5.74, 6) is 1.15. The van der Waals surface area contributed by atoms with Gasteiger partial charge in [0.05, 0.1) is 30.9 Å². The molecule has 1 fully saturated rings. The van der Waals surface area contributed by atoms with Crippen molar-refractivity contribution in [2.45, 2.75) is 51.7 Å². The van der Waals surface area contributed by atoms with E-state index >= 15 is 0 Å². The lowest BCUT2D eigenvalue weighted by molar-refractivity contribution is -0.146. The Morgan fingerprint density at radius 2 is 1.95 bits per heavy atom. The summed E-state index contributed by atoms with van der Waals surface area (Å²) in [6.07, 6.45) is 2.83. The van der Waals surface area contributed by atoms with Crippen LogP contribution < -0.4 is 15.8 Å². The van der Waals surface area contributed by atoms with E-state index in [0.29, 0.717) is 54.6 Å². The van der Waals surface area contributed by atoms with Crippen molar-refractivity contribution in [1.82, 2.24) is 20.4 Å². The number of fused-ring (bicyclic) bond motifs is 1. The van der Waals surface area contributed by atoms with Crippen molar-refractivity contribution in [2.75, 3.05) is 25.9 Å². The second kappa shape index (κ2) is 10.7. The molecule has 3 N–H and O–H groups in total. The molecule has 0 spiro atoms. The summed E-state index contributed by atoms with van der Waals surface area (Å²) < 4.78 is 16.1. The van der Waals surface area contributed by atoms with Gasteiger partial charge in [0.15, 0.2) is 0 Å². The van der Waals surface area contributed by atoms with Gasteiger partial charge in [0, 0.05) is 24.2 Å². The number of benzene rings is 2. The highest BCUT2D eigenvalue weighted by Crippen LogP contribution is 2.38. The Kier molecular flexibility index (Phi) is 7.22. The Morgan fingerprint density at radius 1 is 1.16 bits per heavy atom. The summed E-state index contributed by atoms with van der Waals surface area (Å²) >= 11 is 0. The highest BCUT2D eigenvalue weighted by Gasteiger charge is 2.32. The van der Waals surface area contributed by atoms with E-state index in [1.165, 1.54) is 7.11 Å². The molecule has 5 rings (SSSR count). The predicted molar refractivity (Wildman–Crippen MR) is 141 cm³/mol. The summed E-state index contributed by atoms with van der Waals surface area (Å²) in [5, 5.41) is 7.42. The van der Waals surface area contributed by atoms with Crippen LogP contribution in [0.4, 0.5) is 10.5 Å². The molecule has 2 aliphatic rings. The molecule has 38 heavy (non-hydrogen) atoms. The van der Waals surface area contributed by atoms with E-state index in [1.807, 2.05) is 38.1 Å². The number of anilines is 1. The number of likely N-dealkylation sites (tertiary alicyclic amines) is 1. The van der Waals surface area contributed by atoms with E-state index in [4.69, 9.17) is 19.7 Å². The van der Waals surface area contributed by atoms with Crippen LogP contribution in [0, 0.1) is 5.92 Å². The summed E-state index contributed by atoms with van der Waals surface area (Å²) in [6, 6.07) is 11.2. The van der Waals surface area contributed by atoms with Crippen molar-refractivity contribution in [3.8, 4) is 28.6 Å². The molecule has 10 nitrogen and oxygen atoms in total. The molecule has 1 aliphatic carbocycles. The number of esters is 1. The van der Waals surface area contributed by atoms with Gasteiger partial charge in [-0.25, -0.2) is 4.79 Å². The van der Waals surface area contributed by atoms with Gasteiger partial charge in [-0.3, -0.25) is 4.79 Å². The van der Waals surface area contributed by atoms with Crippen LogP contribution in [0.1, 0.15) is 50.3 Å². The minimum atomic E-state index is -0.201. The van der Waals surface area contributed by atoms with Crippen molar-refractivity contribution in [3.63, 3.8) is 0 Å². The number of piperidine rings is 1. The van der Waals surface area contributed by atoms with E-state index < -0.39 is 0 Å². The van der Waals surface area contributed by atoms with Gasteiger partial charge in [-0.2, -0.15) is 4.98 Å². The predicted octanol–water partition coefficient (Wildman–Crippen LogP) is 4.35. The number of hydrogen-bond acceptors (Lipinski definition) is 8. The maximum atomic E-state index is 13.0. The second-order valence-electron chi connectivity index (χ2n) is 10.0. The lowest BCUT2D eigenvalue weighted by Crippen LogP contribution is -2.46. The summed E-state index contributed by atoms with van der Waals surface area (Å²) in [5.41, 5.74) is 10.4. The largest absolute Gasteiger partial charge is 0.489 e. The Morgan fingerprint density at radius 3 is 2.66 bits per heavy atom. The Hall–Kier alpha value is -4.08. The number of nitrogens with one attached hydrogen (secondary N) is 1. The summed E-state index contributed by atoms with van der Waals surface area (Å²) in [4.78, 5) is 31.2. The van der Waals surface area contributed by atoms with Gasteiger partial charge < -0.3 is 29.9 Å². The third kappa shape index (κ3) is 5.16. The van der Waals surface area contributed by atoms with Crippen LogP contribution in [0.15, 0.2) is 40.9 Å². The number of nitrogens with two attached hydrogens (primary N) is 1. The number of amides is 2. The van der Waals surface area contributed by atoms with Gasteiger partial charge in [-0.1, -0.05) is 23.4 Å². The SMILES string of the molecule is COC(=O)C1CCN(C(=O)N[C@H]2CCc3c(-c4noc(-c5ccc(OC(C)C)c(N)c5)n4)cccc32)CC1. The third-order valence-corrected chi connectivity index (χ3v) is 7.17. The smallest absolute Gasteiger partial charge is 0.317 e. The maximum Gasteiger partial charge on any atom is 0.317 e. The number of nitrogen functional groups attached to an aromatic ring is 1. The fourth-order valence-corrected chi connectivity index (χ4v) is 5.23. The van der Waals surface area contributed by atoms with E-state index in [1.54, 1.807) is 17.0 Å². The number of hydrogen-bond donors (Lipinski definition) is 2. The molecule has 200 valence electrons. The van der Waals surface area contributed by atoms with Gasteiger partial charge in [0.25, 0.3) is 5.89 Å². The average Bonchev–Trinajstić information content (AvgIpc) is 3.57. The molecule has 1 aliphatic heterocycles.